The Kier molecular flexibility index (Phi) is 3.76. The van der Waals surface area contributed by atoms with Crippen LogP contribution in [0.4, 0.5) is 5.69 Å². The van der Waals surface area contributed by atoms with Gasteiger partial charge >= 0.3 is 0 Å². The third kappa shape index (κ3) is 2.94. The van der Waals surface area contributed by atoms with Crippen LogP contribution < -0.4 is 10.6 Å². The summed E-state index contributed by atoms with van der Waals surface area (Å²) in [5, 5.41) is 0. The van der Waals surface area contributed by atoms with Crippen LogP contribution in [-0.4, -0.2) is 13.1 Å². The van der Waals surface area contributed by atoms with Crippen molar-refractivity contribution in [1.82, 2.24) is 0 Å². The maximum Gasteiger partial charge on any atom is 0.0372 e. The molecule has 2 N–H and O–H groups in total. The second-order valence-electron chi connectivity index (χ2n) is 6.05. The fourth-order valence-electron chi connectivity index (χ4n) is 2.46. The minimum atomic E-state index is 0.311. The summed E-state index contributed by atoms with van der Waals surface area (Å²) in [6, 6.07) is 8.56. The molecule has 0 aliphatic carbocycles. The number of hydrogen-bond donors (Lipinski definition) is 1. The van der Waals surface area contributed by atoms with E-state index >= 15 is 0 Å². The van der Waals surface area contributed by atoms with Gasteiger partial charge in [-0.3, -0.25) is 0 Å². The van der Waals surface area contributed by atoms with Gasteiger partial charge in [-0.15, -0.1) is 0 Å². The van der Waals surface area contributed by atoms with Crippen molar-refractivity contribution in [3.8, 4) is 0 Å². The summed E-state index contributed by atoms with van der Waals surface area (Å²) in [4.78, 5) is 2.42. The molecular formula is C16H24N2. The summed E-state index contributed by atoms with van der Waals surface area (Å²) in [6.45, 7) is 9.62. The quantitative estimate of drug-likeness (QED) is 0.809. The molecule has 1 aromatic rings. The van der Waals surface area contributed by atoms with Gasteiger partial charge in [-0.2, -0.15) is 0 Å². The first-order valence-electron chi connectivity index (χ1n) is 6.74. The van der Waals surface area contributed by atoms with E-state index in [4.69, 9.17) is 5.73 Å². The molecule has 1 aromatic carbocycles. The predicted molar refractivity (Wildman–Crippen MR) is 78.7 cm³/mol. The summed E-state index contributed by atoms with van der Waals surface area (Å²) in [7, 11) is 0. The zero-order chi connectivity index (χ0) is 13.2. The van der Waals surface area contributed by atoms with Gasteiger partial charge in [-0.25, -0.2) is 0 Å². The van der Waals surface area contributed by atoms with Crippen LogP contribution in [0.2, 0.25) is 0 Å². The van der Waals surface area contributed by atoms with E-state index in [1.807, 2.05) is 0 Å². The molecule has 2 heteroatoms. The molecule has 0 saturated carbocycles. The molecule has 0 atom stereocenters. The first kappa shape index (κ1) is 13.2. The lowest BCUT2D eigenvalue weighted by atomic mass is 9.83. The Hall–Kier alpha value is -1.28. The van der Waals surface area contributed by atoms with Crippen molar-refractivity contribution < 1.29 is 0 Å². The molecule has 0 aromatic heterocycles. The van der Waals surface area contributed by atoms with E-state index in [9.17, 15) is 0 Å². The summed E-state index contributed by atoms with van der Waals surface area (Å²) in [5.74, 6) is 0. The highest BCUT2D eigenvalue weighted by molar-refractivity contribution is 5.50. The zero-order valence-electron chi connectivity index (χ0n) is 11.7. The molecule has 1 aliphatic rings. The van der Waals surface area contributed by atoms with Gasteiger partial charge in [0.25, 0.3) is 0 Å². The number of nitrogens with zero attached hydrogens (tertiary/aromatic N) is 1. The topological polar surface area (TPSA) is 29.3 Å². The molecule has 98 valence electrons. The fourth-order valence-corrected chi connectivity index (χ4v) is 2.46. The van der Waals surface area contributed by atoms with Crippen LogP contribution in [0.3, 0.4) is 0 Å². The monoisotopic (exact) mass is 244 g/mol. The van der Waals surface area contributed by atoms with Crippen molar-refractivity contribution in [2.45, 2.75) is 33.7 Å². The molecule has 0 unspecified atom stereocenters. The third-order valence-electron chi connectivity index (χ3n) is 3.68. The van der Waals surface area contributed by atoms with Crippen molar-refractivity contribution in [3.05, 3.63) is 41.5 Å². The first-order valence-corrected chi connectivity index (χ1v) is 6.74. The van der Waals surface area contributed by atoms with Gasteiger partial charge < -0.3 is 10.6 Å². The highest BCUT2D eigenvalue weighted by atomic mass is 15.1. The average molecular weight is 244 g/mol. The second kappa shape index (κ2) is 5.15. The number of anilines is 1. The standard InChI is InChI=1S/C16H24N2/c1-16(2,3)14-7-9-18(10-8-14)15-6-4-5-13(11-15)12-17/h4-7,11H,8-10,12,17H2,1-3H3. The largest absolute Gasteiger partial charge is 0.367 e. The van der Waals surface area contributed by atoms with Gasteiger partial charge in [0.2, 0.25) is 0 Å². The summed E-state index contributed by atoms with van der Waals surface area (Å²) in [5.41, 5.74) is 10.1. The van der Waals surface area contributed by atoms with Gasteiger partial charge in [-0.05, 0) is 29.5 Å². The maximum absolute atomic E-state index is 5.70. The predicted octanol–water partition coefficient (Wildman–Crippen LogP) is 3.33. The fraction of sp³-hybridized carbons (Fsp3) is 0.500. The van der Waals surface area contributed by atoms with Crippen LogP contribution in [0.5, 0.6) is 0 Å². The minimum absolute atomic E-state index is 0.311. The summed E-state index contributed by atoms with van der Waals surface area (Å²) in [6.07, 6.45) is 3.55. The molecule has 2 rings (SSSR count). The zero-order valence-corrected chi connectivity index (χ0v) is 11.7. The third-order valence-corrected chi connectivity index (χ3v) is 3.68. The van der Waals surface area contributed by atoms with Crippen LogP contribution in [0.25, 0.3) is 0 Å². The lowest BCUT2D eigenvalue weighted by Crippen LogP contribution is -2.31. The van der Waals surface area contributed by atoms with E-state index < -0.39 is 0 Å². The van der Waals surface area contributed by atoms with E-state index in [1.165, 1.54) is 11.3 Å². The van der Waals surface area contributed by atoms with E-state index in [2.05, 4.69) is 56.0 Å². The normalized spacial score (nSPS) is 16.7. The van der Waals surface area contributed by atoms with Crippen LogP contribution in [0, 0.1) is 5.41 Å². The van der Waals surface area contributed by atoms with Crippen molar-refractivity contribution in [2.75, 3.05) is 18.0 Å². The molecule has 0 amide bonds. The molecule has 18 heavy (non-hydrogen) atoms. The Morgan fingerprint density at radius 1 is 1.28 bits per heavy atom. The number of nitrogens with two attached hydrogens (primary N) is 1. The van der Waals surface area contributed by atoms with Gasteiger partial charge in [0.05, 0.1) is 0 Å². The molecule has 2 nitrogen and oxygen atoms in total. The molecule has 0 saturated heterocycles. The van der Waals surface area contributed by atoms with Gasteiger partial charge in [-0.1, -0.05) is 44.6 Å². The highest BCUT2D eigenvalue weighted by Gasteiger charge is 2.21. The van der Waals surface area contributed by atoms with E-state index in [0.717, 1.165) is 19.5 Å². The minimum Gasteiger partial charge on any atom is -0.367 e. The van der Waals surface area contributed by atoms with Crippen molar-refractivity contribution in [3.63, 3.8) is 0 Å². The van der Waals surface area contributed by atoms with E-state index in [1.54, 1.807) is 5.57 Å². The van der Waals surface area contributed by atoms with Crippen molar-refractivity contribution in [1.29, 1.82) is 0 Å². The lowest BCUT2D eigenvalue weighted by molar-refractivity contribution is 0.472. The molecule has 0 spiro atoms. The SMILES string of the molecule is CC(C)(C)C1=CCN(c2cccc(CN)c2)CC1. The Morgan fingerprint density at radius 2 is 2.06 bits per heavy atom. The first-order chi connectivity index (χ1) is 8.50. The van der Waals surface area contributed by atoms with Gasteiger partial charge in [0, 0.05) is 25.3 Å². The maximum atomic E-state index is 5.70. The Labute approximate surface area is 110 Å². The average Bonchev–Trinajstić information content (AvgIpc) is 2.38. The Balaban J connectivity index is 2.11. The molecule has 0 bridgehead atoms. The van der Waals surface area contributed by atoms with E-state index in [-0.39, 0.29) is 0 Å². The molecule has 0 fully saturated rings. The Bertz CT molecular complexity index is 441. The second-order valence-corrected chi connectivity index (χ2v) is 6.05. The van der Waals surface area contributed by atoms with Gasteiger partial charge in [0.15, 0.2) is 0 Å². The smallest absolute Gasteiger partial charge is 0.0372 e. The van der Waals surface area contributed by atoms with Crippen molar-refractivity contribution >= 4 is 5.69 Å². The summed E-state index contributed by atoms with van der Waals surface area (Å²) >= 11 is 0. The Morgan fingerprint density at radius 3 is 2.61 bits per heavy atom. The van der Waals surface area contributed by atoms with Crippen LogP contribution >= 0.6 is 0 Å². The van der Waals surface area contributed by atoms with E-state index in [0.29, 0.717) is 12.0 Å². The number of rotatable bonds is 2. The van der Waals surface area contributed by atoms with Crippen LogP contribution in [0.1, 0.15) is 32.8 Å². The molecule has 1 aliphatic heterocycles. The van der Waals surface area contributed by atoms with Crippen molar-refractivity contribution in [2.24, 2.45) is 11.1 Å². The number of hydrogen-bond acceptors (Lipinski definition) is 2. The molecular weight excluding hydrogens is 220 g/mol. The van der Waals surface area contributed by atoms with Gasteiger partial charge in [0.1, 0.15) is 0 Å². The number of benzene rings is 1. The molecule has 0 radical (unpaired) electrons. The van der Waals surface area contributed by atoms with Crippen LogP contribution in [0.15, 0.2) is 35.9 Å². The lowest BCUT2D eigenvalue weighted by Gasteiger charge is -2.33. The summed E-state index contributed by atoms with van der Waals surface area (Å²) < 4.78 is 0. The highest BCUT2D eigenvalue weighted by Crippen LogP contribution is 2.31. The molecule has 1 heterocycles. The van der Waals surface area contributed by atoms with Crippen LogP contribution in [-0.2, 0) is 6.54 Å².